The SMILES string of the molecule is Cc1cc(OC(COC(=O)C(C)(C)C)(COC(=O)C(C)(C)C)O[PH](=O)OC(COC(=O)C(C)(C)C)(COC(=O)C(C)(C)C)Oc2cc(C)c(Cc3ccc(O)c(C(C)C)n3)c(C)c2C)c(C)c(C)c1Cc1ccc(O)c(C(C)C)n1. The van der Waals surface area contributed by atoms with E-state index in [-0.39, 0.29) is 34.8 Å². The zero-order valence-electron chi connectivity index (χ0n) is 51.5. The molecule has 4 aromatic rings. The van der Waals surface area contributed by atoms with Crippen LogP contribution < -0.4 is 9.47 Å². The molecule has 2 aromatic heterocycles. The largest absolute Gasteiger partial charge is 0.506 e. The predicted octanol–water partition coefficient (Wildman–Crippen LogP) is 12.8. The van der Waals surface area contributed by atoms with Gasteiger partial charge in [0.15, 0.2) is 26.4 Å². The van der Waals surface area contributed by atoms with Crippen LogP contribution in [-0.2, 0) is 64.6 Å². The van der Waals surface area contributed by atoms with E-state index in [4.69, 9.17) is 47.4 Å². The summed E-state index contributed by atoms with van der Waals surface area (Å²) in [6.07, 6.45) is 0.790. The number of carbonyl (C=O) groups is 4. The molecule has 0 bridgehead atoms. The molecule has 0 saturated heterocycles. The number of carbonyl (C=O) groups excluding carboxylic acids is 4. The van der Waals surface area contributed by atoms with E-state index in [1.54, 1.807) is 133 Å². The van der Waals surface area contributed by atoms with Crippen LogP contribution in [0.5, 0.6) is 23.0 Å². The molecule has 0 radical (unpaired) electrons. The van der Waals surface area contributed by atoms with Gasteiger partial charge in [-0.15, -0.1) is 0 Å². The zero-order chi connectivity index (χ0) is 60.8. The van der Waals surface area contributed by atoms with E-state index in [9.17, 15) is 29.4 Å². The third-order valence-corrected chi connectivity index (χ3v) is 14.5. The fourth-order valence-corrected chi connectivity index (χ4v) is 9.00. The Morgan fingerprint density at radius 1 is 0.475 bits per heavy atom. The van der Waals surface area contributed by atoms with Gasteiger partial charge in [-0.2, -0.15) is 0 Å². The molecule has 0 saturated carbocycles. The molecule has 0 fully saturated rings. The lowest BCUT2D eigenvalue weighted by atomic mass is 9.93. The van der Waals surface area contributed by atoms with Gasteiger partial charge in [-0.3, -0.25) is 42.8 Å². The molecule has 2 aromatic carbocycles. The maximum Gasteiger partial charge on any atom is 0.326 e. The summed E-state index contributed by atoms with van der Waals surface area (Å²) in [7, 11) is -4.18. The van der Waals surface area contributed by atoms with E-state index >= 15 is 4.57 Å². The molecule has 442 valence electrons. The van der Waals surface area contributed by atoms with Crippen LogP contribution in [0, 0.1) is 63.2 Å². The number of aryl methyl sites for hydroxylation is 2. The Labute approximate surface area is 475 Å². The summed E-state index contributed by atoms with van der Waals surface area (Å²) in [6.45, 7) is 35.4. The Morgan fingerprint density at radius 3 is 1.00 bits per heavy atom. The Morgan fingerprint density at radius 2 is 0.750 bits per heavy atom. The van der Waals surface area contributed by atoms with Crippen molar-refractivity contribution in [2.24, 2.45) is 21.7 Å². The maximum atomic E-state index is 15.3. The Balaban J connectivity index is 1.97. The van der Waals surface area contributed by atoms with Crippen LogP contribution in [-0.4, -0.2) is 82.1 Å². The number of rotatable bonds is 22. The smallest absolute Gasteiger partial charge is 0.326 e. The van der Waals surface area contributed by atoms with E-state index in [2.05, 4.69) is 0 Å². The molecule has 18 heteroatoms. The first-order chi connectivity index (χ1) is 36.6. The Hall–Kier alpha value is -6.03. The number of nitrogens with zero attached hydrogens (tertiary/aromatic N) is 2. The average molecular weight is 1130 g/mol. The normalized spacial score (nSPS) is 12.7. The Bertz CT molecular complexity index is 2680. The second kappa shape index (κ2) is 25.8. The fourth-order valence-electron chi connectivity index (χ4n) is 8.04. The number of hydrogen-bond acceptors (Lipinski definition) is 17. The third kappa shape index (κ3) is 17.5. The van der Waals surface area contributed by atoms with Gasteiger partial charge in [-0.25, -0.2) is 0 Å². The summed E-state index contributed by atoms with van der Waals surface area (Å²) >= 11 is 0. The van der Waals surface area contributed by atoms with Crippen molar-refractivity contribution < 1.29 is 71.4 Å². The minimum absolute atomic E-state index is 0.0310. The van der Waals surface area contributed by atoms with E-state index in [0.717, 1.165) is 44.8 Å². The van der Waals surface area contributed by atoms with Crippen LogP contribution in [0.4, 0.5) is 0 Å². The molecular weight excluding hydrogens is 1040 g/mol. The van der Waals surface area contributed by atoms with Crippen molar-refractivity contribution in [3.8, 4) is 23.0 Å². The van der Waals surface area contributed by atoms with Crippen molar-refractivity contribution in [2.45, 2.75) is 189 Å². The van der Waals surface area contributed by atoms with Gasteiger partial charge in [0.25, 0.3) is 11.6 Å². The topological polar surface area (TPSA) is 225 Å². The van der Waals surface area contributed by atoms with Gasteiger partial charge in [0.1, 0.15) is 23.0 Å². The van der Waals surface area contributed by atoms with Gasteiger partial charge in [-0.1, -0.05) is 27.7 Å². The highest BCUT2D eigenvalue weighted by Gasteiger charge is 2.48. The summed E-state index contributed by atoms with van der Waals surface area (Å²) in [5, 5.41) is 21.1. The summed E-state index contributed by atoms with van der Waals surface area (Å²) in [6, 6.07) is 10.3. The predicted molar refractivity (Wildman–Crippen MR) is 306 cm³/mol. The van der Waals surface area contributed by atoms with Gasteiger partial charge in [0, 0.05) is 24.2 Å². The third-order valence-electron chi connectivity index (χ3n) is 13.4. The molecule has 0 atom stereocenters. The molecule has 80 heavy (non-hydrogen) atoms. The molecule has 0 spiro atoms. The van der Waals surface area contributed by atoms with Crippen molar-refractivity contribution in [2.75, 3.05) is 26.4 Å². The van der Waals surface area contributed by atoms with Gasteiger partial charge < -0.3 is 38.6 Å². The second-order valence-electron chi connectivity index (χ2n) is 25.7. The van der Waals surface area contributed by atoms with E-state index in [1.165, 1.54) is 0 Å². The number of esters is 4. The zero-order valence-corrected chi connectivity index (χ0v) is 52.5. The van der Waals surface area contributed by atoms with Gasteiger partial charge in [-0.05, 0) is 217 Å². The molecule has 2 heterocycles. The highest BCUT2D eigenvalue weighted by molar-refractivity contribution is 7.33. The molecule has 0 aliphatic rings. The molecule has 2 N–H and O–H groups in total. The van der Waals surface area contributed by atoms with Gasteiger partial charge >= 0.3 is 32.1 Å². The van der Waals surface area contributed by atoms with Crippen LogP contribution in [0.2, 0.25) is 0 Å². The molecule has 4 rings (SSSR count). The van der Waals surface area contributed by atoms with E-state index < -0.39 is 91.8 Å². The maximum absolute atomic E-state index is 15.3. The summed E-state index contributed by atoms with van der Waals surface area (Å²) in [4.78, 5) is 64.3. The number of ether oxygens (including phenoxy) is 6. The lowest BCUT2D eigenvalue weighted by molar-refractivity contribution is -0.224. The summed E-state index contributed by atoms with van der Waals surface area (Å²) in [5.74, 6) is -7.15. The number of benzene rings is 2. The van der Waals surface area contributed by atoms with Crippen LogP contribution in [0.25, 0.3) is 0 Å². The van der Waals surface area contributed by atoms with Crippen molar-refractivity contribution in [1.29, 1.82) is 0 Å². The summed E-state index contributed by atoms with van der Waals surface area (Å²) in [5.41, 5.74) is 4.42. The molecule has 0 aliphatic carbocycles. The minimum Gasteiger partial charge on any atom is -0.506 e. The lowest BCUT2D eigenvalue weighted by Gasteiger charge is -2.38. The van der Waals surface area contributed by atoms with Crippen LogP contribution >= 0.6 is 8.25 Å². The van der Waals surface area contributed by atoms with Crippen LogP contribution in [0.3, 0.4) is 0 Å². The number of pyridine rings is 2. The van der Waals surface area contributed by atoms with Crippen molar-refractivity contribution >= 4 is 32.1 Å². The van der Waals surface area contributed by atoms with Crippen LogP contribution in [0.1, 0.15) is 190 Å². The highest BCUT2D eigenvalue weighted by atomic mass is 31.1. The minimum atomic E-state index is -4.18. The van der Waals surface area contributed by atoms with Crippen molar-refractivity contribution in [3.63, 3.8) is 0 Å². The Kier molecular flexibility index (Phi) is 21.5. The molecular formula is C62H89N2O15P. The first kappa shape index (κ1) is 66.5. The van der Waals surface area contributed by atoms with Crippen LogP contribution in [0.15, 0.2) is 36.4 Å². The lowest BCUT2D eigenvalue weighted by Crippen LogP contribution is -2.51. The molecule has 0 unspecified atom stereocenters. The quantitative estimate of drug-likeness (QED) is 0.0323. The number of aromatic nitrogens is 2. The van der Waals surface area contributed by atoms with E-state index in [1.807, 2.05) is 55.4 Å². The van der Waals surface area contributed by atoms with Crippen molar-refractivity contribution in [1.82, 2.24) is 9.97 Å². The average Bonchev–Trinajstić information content (AvgIpc) is 3.33. The van der Waals surface area contributed by atoms with E-state index in [0.29, 0.717) is 35.4 Å². The van der Waals surface area contributed by atoms with Gasteiger partial charge in [0.05, 0.1) is 33.0 Å². The molecule has 0 amide bonds. The monoisotopic (exact) mass is 1130 g/mol. The number of hydrogen-bond donors (Lipinski definition) is 2. The number of aromatic hydroxyl groups is 2. The first-order valence-electron chi connectivity index (χ1n) is 27.2. The second-order valence-corrected chi connectivity index (χ2v) is 26.6. The molecule has 17 nitrogen and oxygen atoms in total. The van der Waals surface area contributed by atoms with Gasteiger partial charge in [0.2, 0.25) is 0 Å². The first-order valence-corrected chi connectivity index (χ1v) is 28.4. The fraction of sp³-hybridized carbons (Fsp3) is 0.581. The molecule has 0 aliphatic heterocycles. The van der Waals surface area contributed by atoms with Crippen molar-refractivity contribution in [3.05, 3.63) is 104 Å². The highest BCUT2D eigenvalue weighted by Crippen LogP contribution is 2.43. The summed E-state index contributed by atoms with van der Waals surface area (Å²) < 4.78 is 65.5. The standard InChI is InChI=1S/C62H89N2O15P/c1-35(2)51-47(65)25-23-43(63-51)29-45-37(5)27-49(41(9)39(45)7)76-61(31-72-53(67)57(11,12)13,32-73-54(68)58(14,15)16)78-80(71)79-62(33-74-55(69)59(17,18)19,34-75-56(70)60(20,21)22)77-50-28-38(6)46(40(8)42(50)10)30-44-24-26-48(66)52(64-44)36(3)4/h23-28,35-36,65-66,80H,29-34H2,1-22H3.